The highest BCUT2D eigenvalue weighted by molar-refractivity contribution is 5.94. The lowest BCUT2D eigenvalue weighted by Crippen LogP contribution is -2.40. The van der Waals surface area contributed by atoms with Crippen LogP contribution >= 0.6 is 0 Å². The van der Waals surface area contributed by atoms with Crippen molar-refractivity contribution in [2.45, 2.75) is 32.7 Å². The second-order valence-electron chi connectivity index (χ2n) is 6.81. The van der Waals surface area contributed by atoms with Gasteiger partial charge in [0.15, 0.2) is 17.5 Å². The first kappa shape index (κ1) is 20.6. The van der Waals surface area contributed by atoms with Gasteiger partial charge in [0.1, 0.15) is 0 Å². The molecule has 1 aliphatic rings. The fourth-order valence-corrected chi connectivity index (χ4v) is 3.33. The third-order valence-corrected chi connectivity index (χ3v) is 4.68. The number of amides is 1. The first-order valence-corrected chi connectivity index (χ1v) is 9.92. The van der Waals surface area contributed by atoms with Gasteiger partial charge >= 0.3 is 0 Å². The number of hydrogen-bond acceptors (Lipinski definition) is 3. The summed E-state index contributed by atoms with van der Waals surface area (Å²) in [4.78, 5) is 16.5. The number of aliphatic imine (C=N–C) groups is 1. The molecule has 1 atom stereocenters. The lowest BCUT2D eigenvalue weighted by Gasteiger charge is -2.26. The van der Waals surface area contributed by atoms with E-state index in [1.807, 2.05) is 44.2 Å². The van der Waals surface area contributed by atoms with E-state index in [2.05, 4.69) is 20.9 Å². The van der Waals surface area contributed by atoms with Crippen LogP contribution in [0.3, 0.4) is 0 Å². The molecule has 29 heavy (non-hydrogen) atoms. The van der Waals surface area contributed by atoms with Gasteiger partial charge in [0, 0.05) is 31.1 Å². The number of benzene rings is 2. The van der Waals surface area contributed by atoms with E-state index >= 15 is 0 Å². The summed E-state index contributed by atoms with van der Waals surface area (Å²) in [5.41, 5.74) is 2.73. The Balaban J connectivity index is 1.66. The van der Waals surface area contributed by atoms with Crippen LogP contribution < -0.4 is 20.7 Å². The summed E-state index contributed by atoms with van der Waals surface area (Å²) in [5, 5.41) is 9.41. The fraction of sp³-hybridized carbons (Fsp3) is 0.364. The molecule has 154 valence electrons. The van der Waals surface area contributed by atoms with Crippen molar-refractivity contribution in [3.63, 3.8) is 0 Å². The molecule has 0 aromatic heterocycles. The molecule has 0 bridgehead atoms. The average Bonchev–Trinajstić information content (AvgIpc) is 2.71. The van der Waals surface area contributed by atoms with Gasteiger partial charge in [-0.1, -0.05) is 24.3 Å². The molecule has 0 saturated heterocycles. The van der Waals surface area contributed by atoms with Crippen molar-refractivity contribution < 1.29 is 13.9 Å². The fourth-order valence-electron chi connectivity index (χ4n) is 3.33. The molecule has 1 heterocycles. The lowest BCUT2D eigenvalue weighted by molar-refractivity contribution is -0.116. The van der Waals surface area contributed by atoms with Gasteiger partial charge in [-0.15, -0.1) is 0 Å². The Morgan fingerprint density at radius 1 is 1.24 bits per heavy atom. The van der Waals surface area contributed by atoms with Gasteiger partial charge < -0.3 is 20.7 Å². The Bertz CT molecular complexity index is 885. The van der Waals surface area contributed by atoms with E-state index in [9.17, 15) is 9.18 Å². The van der Waals surface area contributed by atoms with Crippen LogP contribution in [0.5, 0.6) is 5.75 Å². The Morgan fingerprint density at radius 3 is 2.83 bits per heavy atom. The highest BCUT2D eigenvalue weighted by Crippen LogP contribution is 2.31. The van der Waals surface area contributed by atoms with E-state index in [0.717, 1.165) is 16.8 Å². The predicted molar refractivity (Wildman–Crippen MR) is 113 cm³/mol. The van der Waals surface area contributed by atoms with Crippen LogP contribution in [0.25, 0.3) is 0 Å². The van der Waals surface area contributed by atoms with Crippen LogP contribution in [-0.2, 0) is 11.3 Å². The molecule has 0 aliphatic carbocycles. The molecule has 0 radical (unpaired) electrons. The van der Waals surface area contributed by atoms with Crippen molar-refractivity contribution in [2.75, 3.05) is 25.0 Å². The Morgan fingerprint density at radius 2 is 2.07 bits per heavy atom. The van der Waals surface area contributed by atoms with Gasteiger partial charge in [0.25, 0.3) is 0 Å². The molecule has 2 aromatic carbocycles. The molecule has 6 nitrogen and oxygen atoms in total. The van der Waals surface area contributed by atoms with E-state index in [1.165, 1.54) is 6.07 Å². The van der Waals surface area contributed by atoms with E-state index < -0.39 is 0 Å². The first-order chi connectivity index (χ1) is 14.1. The van der Waals surface area contributed by atoms with Crippen LogP contribution in [0, 0.1) is 5.82 Å². The molecule has 0 saturated carbocycles. The van der Waals surface area contributed by atoms with Crippen LogP contribution in [0.1, 0.15) is 37.3 Å². The summed E-state index contributed by atoms with van der Waals surface area (Å²) in [5.74, 6) is 0.570. The molecule has 0 fully saturated rings. The molecular weight excluding hydrogens is 371 g/mol. The molecule has 3 rings (SSSR count). The normalized spacial score (nSPS) is 16.0. The van der Waals surface area contributed by atoms with Gasteiger partial charge in [-0.2, -0.15) is 0 Å². The number of halogens is 1. The van der Waals surface area contributed by atoms with Gasteiger partial charge in [0.2, 0.25) is 5.91 Å². The number of carbonyl (C=O) groups is 1. The van der Waals surface area contributed by atoms with E-state index in [4.69, 9.17) is 4.74 Å². The number of hydrogen-bond donors (Lipinski definition) is 3. The Kier molecular flexibility index (Phi) is 7.05. The van der Waals surface area contributed by atoms with E-state index in [0.29, 0.717) is 38.6 Å². The number of para-hydroxylation sites is 1. The molecular formula is C22H27FN4O2. The van der Waals surface area contributed by atoms with Crippen molar-refractivity contribution in [1.82, 2.24) is 10.6 Å². The third kappa shape index (κ3) is 5.47. The van der Waals surface area contributed by atoms with Crippen LogP contribution in [0.4, 0.5) is 10.1 Å². The van der Waals surface area contributed by atoms with Gasteiger partial charge in [-0.05, 0) is 43.2 Å². The summed E-state index contributed by atoms with van der Waals surface area (Å²) >= 11 is 0. The maximum Gasteiger partial charge on any atom is 0.225 e. The zero-order valence-electron chi connectivity index (χ0n) is 16.8. The molecule has 1 aliphatic heterocycles. The maximum absolute atomic E-state index is 14.0. The average molecular weight is 398 g/mol. The number of fused-ring (bicyclic) bond motifs is 1. The standard InChI is InChI=1S/C22H27FN4O2/c1-3-24-22(25-13-15-9-10-20(29-4-2)18(23)11-15)26-14-16-12-21(28)27-19-8-6-5-7-17(16)19/h5-11,16H,3-4,12-14H2,1-2H3,(H,27,28)(H2,24,25,26). The zero-order chi connectivity index (χ0) is 20.6. The molecule has 2 aromatic rings. The van der Waals surface area contributed by atoms with Crippen LogP contribution in [0.2, 0.25) is 0 Å². The van der Waals surface area contributed by atoms with Crippen molar-refractivity contribution >= 4 is 17.6 Å². The minimum atomic E-state index is -0.387. The Hall–Kier alpha value is -3.09. The smallest absolute Gasteiger partial charge is 0.225 e. The van der Waals surface area contributed by atoms with E-state index in [1.54, 1.807) is 6.07 Å². The highest BCUT2D eigenvalue weighted by atomic mass is 19.1. The quantitative estimate of drug-likeness (QED) is 0.494. The van der Waals surface area contributed by atoms with Gasteiger partial charge in [0.05, 0.1) is 13.2 Å². The van der Waals surface area contributed by atoms with Crippen LogP contribution in [0.15, 0.2) is 47.5 Å². The molecule has 1 amide bonds. The molecule has 0 spiro atoms. The predicted octanol–water partition coefficient (Wildman–Crippen LogP) is 3.41. The summed E-state index contributed by atoms with van der Waals surface area (Å²) in [7, 11) is 0. The van der Waals surface area contributed by atoms with Crippen molar-refractivity contribution in [3.05, 3.63) is 59.4 Å². The van der Waals surface area contributed by atoms with E-state index in [-0.39, 0.29) is 23.4 Å². The first-order valence-electron chi connectivity index (χ1n) is 9.92. The number of ether oxygens (including phenoxy) is 1. The SMILES string of the molecule is CCNC(=NCc1ccc(OCC)c(F)c1)NCC1CC(=O)Nc2ccccc21. The zero-order valence-corrected chi connectivity index (χ0v) is 16.8. The van der Waals surface area contributed by atoms with Gasteiger partial charge in [-0.25, -0.2) is 9.38 Å². The van der Waals surface area contributed by atoms with Gasteiger partial charge in [-0.3, -0.25) is 4.79 Å². The number of nitrogens with one attached hydrogen (secondary N) is 3. The second-order valence-corrected chi connectivity index (χ2v) is 6.81. The number of anilines is 1. The van der Waals surface area contributed by atoms with Crippen molar-refractivity contribution in [1.29, 1.82) is 0 Å². The number of guanidine groups is 1. The lowest BCUT2D eigenvalue weighted by atomic mass is 9.90. The van der Waals surface area contributed by atoms with Crippen LogP contribution in [-0.4, -0.2) is 31.6 Å². The summed E-state index contributed by atoms with van der Waals surface area (Å²) < 4.78 is 19.3. The number of nitrogens with zero attached hydrogens (tertiary/aromatic N) is 1. The van der Waals surface area contributed by atoms with Crippen molar-refractivity contribution in [2.24, 2.45) is 4.99 Å². The second kappa shape index (κ2) is 9.91. The summed E-state index contributed by atoms with van der Waals surface area (Å²) in [6.45, 7) is 5.84. The summed E-state index contributed by atoms with van der Waals surface area (Å²) in [6, 6.07) is 12.7. The molecule has 1 unspecified atom stereocenters. The van der Waals surface area contributed by atoms with Crippen molar-refractivity contribution in [3.8, 4) is 5.75 Å². The minimum Gasteiger partial charge on any atom is -0.491 e. The minimum absolute atomic E-state index is 0.0160. The summed E-state index contributed by atoms with van der Waals surface area (Å²) in [6.07, 6.45) is 0.424. The highest BCUT2D eigenvalue weighted by Gasteiger charge is 2.24. The largest absolute Gasteiger partial charge is 0.491 e. The number of rotatable bonds is 7. The molecule has 3 N–H and O–H groups in total. The number of carbonyl (C=O) groups excluding carboxylic acids is 1. The monoisotopic (exact) mass is 398 g/mol. The molecule has 7 heteroatoms. The Labute approximate surface area is 170 Å². The topological polar surface area (TPSA) is 74.8 Å². The maximum atomic E-state index is 14.0. The third-order valence-electron chi connectivity index (χ3n) is 4.68.